The molecule has 0 bridgehead atoms. The number of amides is 1. The van der Waals surface area contributed by atoms with Gasteiger partial charge in [-0.3, -0.25) is 4.79 Å². The number of carbonyl (C=O) groups excluding carboxylic acids is 1. The van der Waals surface area contributed by atoms with Crippen LogP contribution in [-0.2, 0) is 0 Å². The SMILES string of the molecule is Cc1nn(-c2cccc(Cl)c2)nc1C(=O)NCC1(O)CCCC1. The Morgan fingerprint density at radius 2 is 2.13 bits per heavy atom. The monoisotopic (exact) mass is 334 g/mol. The molecule has 0 unspecified atom stereocenters. The van der Waals surface area contributed by atoms with Gasteiger partial charge in [0.05, 0.1) is 17.0 Å². The summed E-state index contributed by atoms with van der Waals surface area (Å²) in [6.07, 6.45) is 3.44. The molecule has 0 aliphatic heterocycles. The second-order valence-electron chi connectivity index (χ2n) is 6.02. The van der Waals surface area contributed by atoms with Crippen molar-refractivity contribution < 1.29 is 9.90 Å². The number of benzene rings is 1. The Bertz CT molecular complexity index is 723. The number of hydrogen-bond donors (Lipinski definition) is 2. The third-order valence-electron chi connectivity index (χ3n) is 4.15. The lowest BCUT2D eigenvalue weighted by molar-refractivity contribution is 0.0448. The maximum atomic E-state index is 12.3. The fraction of sp³-hybridized carbons (Fsp3) is 0.438. The van der Waals surface area contributed by atoms with Crippen LogP contribution >= 0.6 is 11.6 Å². The number of carbonyl (C=O) groups is 1. The minimum atomic E-state index is -0.785. The molecular weight excluding hydrogens is 316 g/mol. The van der Waals surface area contributed by atoms with E-state index in [0.29, 0.717) is 16.4 Å². The molecular formula is C16H19ClN4O2. The molecule has 0 saturated heterocycles. The summed E-state index contributed by atoms with van der Waals surface area (Å²) >= 11 is 5.97. The van der Waals surface area contributed by atoms with E-state index in [4.69, 9.17) is 11.6 Å². The zero-order valence-electron chi connectivity index (χ0n) is 12.9. The number of aliphatic hydroxyl groups is 1. The zero-order chi connectivity index (χ0) is 16.4. The van der Waals surface area contributed by atoms with Gasteiger partial charge in [0.1, 0.15) is 0 Å². The highest BCUT2D eigenvalue weighted by atomic mass is 35.5. The fourth-order valence-electron chi connectivity index (χ4n) is 2.84. The first-order valence-corrected chi connectivity index (χ1v) is 8.05. The Hall–Kier alpha value is -1.92. The highest BCUT2D eigenvalue weighted by Crippen LogP contribution is 2.28. The van der Waals surface area contributed by atoms with Gasteiger partial charge in [0.25, 0.3) is 5.91 Å². The lowest BCUT2D eigenvalue weighted by Gasteiger charge is -2.21. The van der Waals surface area contributed by atoms with Gasteiger partial charge in [0.15, 0.2) is 5.69 Å². The molecule has 1 aromatic heterocycles. The maximum absolute atomic E-state index is 12.3. The summed E-state index contributed by atoms with van der Waals surface area (Å²) in [5.41, 5.74) is 0.688. The maximum Gasteiger partial charge on any atom is 0.273 e. The van der Waals surface area contributed by atoms with Gasteiger partial charge in [-0.1, -0.05) is 30.5 Å². The molecule has 122 valence electrons. The summed E-state index contributed by atoms with van der Waals surface area (Å²) < 4.78 is 0. The van der Waals surface area contributed by atoms with Crippen molar-refractivity contribution in [3.8, 4) is 5.69 Å². The van der Waals surface area contributed by atoms with E-state index >= 15 is 0 Å². The number of halogens is 1. The highest BCUT2D eigenvalue weighted by molar-refractivity contribution is 6.30. The summed E-state index contributed by atoms with van der Waals surface area (Å²) in [5, 5.41) is 22.1. The van der Waals surface area contributed by atoms with Crippen LogP contribution in [0.1, 0.15) is 41.9 Å². The van der Waals surface area contributed by atoms with E-state index in [1.165, 1.54) is 4.80 Å². The van der Waals surface area contributed by atoms with Gasteiger partial charge in [0.2, 0.25) is 0 Å². The lowest BCUT2D eigenvalue weighted by Crippen LogP contribution is -2.41. The second-order valence-corrected chi connectivity index (χ2v) is 6.45. The van der Waals surface area contributed by atoms with Crippen molar-refractivity contribution in [2.45, 2.75) is 38.2 Å². The molecule has 6 nitrogen and oxygen atoms in total. The number of rotatable bonds is 4. The van der Waals surface area contributed by atoms with Crippen LogP contribution in [0.25, 0.3) is 5.69 Å². The average molecular weight is 335 g/mol. The van der Waals surface area contributed by atoms with Crippen molar-refractivity contribution in [1.29, 1.82) is 0 Å². The van der Waals surface area contributed by atoms with Crippen molar-refractivity contribution in [2.75, 3.05) is 6.54 Å². The Balaban J connectivity index is 1.74. The van der Waals surface area contributed by atoms with Gasteiger partial charge in [-0.05, 0) is 38.0 Å². The van der Waals surface area contributed by atoms with E-state index in [-0.39, 0.29) is 18.1 Å². The highest BCUT2D eigenvalue weighted by Gasteiger charge is 2.31. The van der Waals surface area contributed by atoms with Gasteiger partial charge in [-0.25, -0.2) is 0 Å². The smallest absolute Gasteiger partial charge is 0.273 e. The van der Waals surface area contributed by atoms with Gasteiger partial charge in [-0.2, -0.15) is 9.90 Å². The van der Waals surface area contributed by atoms with Crippen LogP contribution in [0.3, 0.4) is 0 Å². The molecule has 1 aliphatic rings. The van der Waals surface area contributed by atoms with Crippen LogP contribution < -0.4 is 5.32 Å². The molecule has 23 heavy (non-hydrogen) atoms. The van der Waals surface area contributed by atoms with Crippen LogP contribution in [-0.4, -0.2) is 38.2 Å². The summed E-state index contributed by atoms with van der Waals surface area (Å²) in [4.78, 5) is 13.7. The predicted octanol–water partition coefficient (Wildman–Crippen LogP) is 2.26. The molecule has 0 spiro atoms. The number of nitrogens with zero attached hydrogens (tertiary/aromatic N) is 3. The van der Waals surface area contributed by atoms with Gasteiger partial charge in [-0.15, -0.1) is 5.10 Å². The number of aromatic nitrogens is 3. The third-order valence-corrected chi connectivity index (χ3v) is 4.38. The van der Waals surface area contributed by atoms with Crippen LogP contribution in [0.4, 0.5) is 0 Å². The van der Waals surface area contributed by atoms with Crippen molar-refractivity contribution >= 4 is 17.5 Å². The average Bonchev–Trinajstić information content (AvgIpc) is 3.12. The molecule has 1 aromatic carbocycles. The lowest BCUT2D eigenvalue weighted by atomic mass is 10.0. The summed E-state index contributed by atoms with van der Waals surface area (Å²) in [6.45, 7) is 1.97. The first kappa shape index (κ1) is 16.0. The molecule has 1 aliphatic carbocycles. The first-order chi connectivity index (χ1) is 11.0. The largest absolute Gasteiger partial charge is 0.388 e. The summed E-state index contributed by atoms with van der Waals surface area (Å²) in [7, 11) is 0. The standard InChI is InChI=1S/C16H19ClN4O2/c1-11-14(15(22)18-10-16(23)7-2-3-8-16)20-21(19-11)13-6-4-5-12(17)9-13/h4-6,9,23H,2-3,7-8,10H2,1H3,(H,18,22). The molecule has 3 rings (SSSR count). The van der Waals surface area contributed by atoms with Gasteiger partial charge in [0, 0.05) is 11.6 Å². The van der Waals surface area contributed by atoms with Gasteiger partial charge < -0.3 is 10.4 Å². The molecule has 1 amide bonds. The van der Waals surface area contributed by atoms with Crippen LogP contribution in [0, 0.1) is 6.92 Å². The quantitative estimate of drug-likeness (QED) is 0.898. The van der Waals surface area contributed by atoms with E-state index in [9.17, 15) is 9.90 Å². The Morgan fingerprint density at radius 3 is 2.83 bits per heavy atom. The Labute approximate surface area is 139 Å². The zero-order valence-corrected chi connectivity index (χ0v) is 13.7. The fourth-order valence-corrected chi connectivity index (χ4v) is 3.03. The molecule has 0 atom stereocenters. The molecule has 2 N–H and O–H groups in total. The van der Waals surface area contributed by atoms with E-state index in [2.05, 4.69) is 15.5 Å². The first-order valence-electron chi connectivity index (χ1n) is 7.67. The van der Waals surface area contributed by atoms with Crippen molar-refractivity contribution in [1.82, 2.24) is 20.3 Å². The van der Waals surface area contributed by atoms with Crippen LogP contribution in [0.5, 0.6) is 0 Å². The molecule has 1 fully saturated rings. The molecule has 1 saturated carbocycles. The molecule has 0 radical (unpaired) electrons. The van der Waals surface area contributed by atoms with E-state index < -0.39 is 5.60 Å². The number of hydrogen-bond acceptors (Lipinski definition) is 4. The van der Waals surface area contributed by atoms with E-state index in [0.717, 1.165) is 25.7 Å². The second kappa shape index (κ2) is 6.29. The Kier molecular flexibility index (Phi) is 4.37. The molecule has 2 aromatic rings. The summed E-state index contributed by atoms with van der Waals surface area (Å²) in [5.74, 6) is -0.323. The van der Waals surface area contributed by atoms with Crippen molar-refractivity contribution in [2.24, 2.45) is 0 Å². The number of nitrogens with one attached hydrogen (secondary N) is 1. The van der Waals surface area contributed by atoms with Crippen molar-refractivity contribution in [3.63, 3.8) is 0 Å². The normalized spacial score (nSPS) is 16.5. The van der Waals surface area contributed by atoms with Crippen LogP contribution in [0.15, 0.2) is 24.3 Å². The number of aryl methyl sites for hydroxylation is 1. The summed E-state index contributed by atoms with van der Waals surface area (Å²) in [6, 6.07) is 7.10. The van der Waals surface area contributed by atoms with Crippen LogP contribution in [0.2, 0.25) is 5.02 Å². The predicted molar refractivity (Wildman–Crippen MR) is 86.9 cm³/mol. The van der Waals surface area contributed by atoms with Gasteiger partial charge >= 0.3 is 0 Å². The molecule has 1 heterocycles. The third kappa shape index (κ3) is 3.54. The minimum Gasteiger partial charge on any atom is -0.388 e. The van der Waals surface area contributed by atoms with E-state index in [1.54, 1.807) is 25.1 Å². The molecule has 7 heteroatoms. The topological polar surface area (TPSA) is 80.0 Å². The van der Waals surface area contributed by atoms with Crippen molar-refractivity contribution in [3.05, 3.63) is 40.7 Å². The van der Waals surface area contributed by atoms with E-state index in [1.807, 2.05) is 6.07 Å². The Morgan fingerprint density at radius 1 is 1.39 bits per heavy atom. The minimum absolute atomic E-state index is 0.245.